The number of nitrogens with zero attached hydrogens (tertiary/aromatic N) is 3. The molecule has 1 aliphatic heterocycles. The van der Waals surface area contributed by atoms with Crippen LogP contribution in [0.5, 0.6) is 0 Å². The molecule has 2 heterocycles. The second-order valence-electron chi connectivity index (χ2n) is 15.4. The van der Waals surface area contributed by atoms with Crippen LogP contribution in [0.25, 0.3) is 0 Å². The van der Waals surface area contributed by atoms with E-state index in [0.29, 0.717) is 49.7 Å². The monoisotopic (exact) mass is 735 g/mol. The lowest BCUT2D eigenvalue weighted by Crippen LogP contribution is -2.61. The fourth-order valence-electron chi connectivity index (χ4n) is 6.94. The fourth-order valence-corrected chi connectivity index (χ4v) is 6.94. The molecule has 0 spiro atoms. The second-order valence-corrected chi connectivity index (χ2v) is 15.4. The molecule has 1 fully saturated rings. The molecule has 4 rings (SSSR count). The van der Waals surface area contributed by atoms with Gasteiger partial charge in [0.25, 0.3) is 0 Å². The lowest BCUT2D eigenvalue weighted by atomic mass is 9.83. The van der Waals surface area contributed by atoms with Crippen LogP contribution >= 0.6 is 0 Å². The quantitative estimate of drug-likeness (QED) is 0.0925. The minimum Gasteiger partial charge on any atom is -0.444 e. The van der Waals surface area contributed by atoms with Gasteiger partial charge in [0.15, 0.2) is 0 Å². The molecule has 1 saturated carbocycles. The van der Waals surface area contributed by atoms with Crippen molar-refractivity contribution in [1.29, 1.82) is 0 Å². The number of hydrogen-bond acceptors (Lipinski definition) is 10. The molecule has 5 amide bonds. The molecule has 1 aromatic heterocycles. The average Bonchev–Trinajstić information content (AvgIpc) is 3.81. The van der Waals surface area contributed by atoms with Crippen molar-refractivity contribution in [2.75, 3.05) is 6.54 Å². The van der Waals surface area contributed by atoms with E-state index in [-0.39, 0.29) is 24.9 Å². The van der Waals surface area contributed by atoms with Crippen LogP contribution in [0.15, 0.2) is 59.6 Å². The molecule has 7 N–H and O–H groups in total. The van der Waals surface area contributed by atoms with E-state index < -0.39 is 46.2 Å². The van der Waals surface area contributed by atoms with E-state index in [1.807, 2.05) is 37.3 Å². The number of carbonyl (C=O) groups is 4. The molecule has 0 radical (unpaired) electrons. The zero-order valence-corrected chi connectivity index (χ0v) is 31.7. The van der Waals surface area contributed by atoms with Crippen LogP contribution in [-0.2, 0) is 20.7 Å². The maximum atomic E-state index is 14.1. The topological polar surface area (TPSA) is 201 Å². The highest BCUT2D eigenvalue weighted by Gasteiger charge is 2.49. The molecule has 53 heavy (non-hydrogen) atoms. The Labute approximate surface area is 313 Å². The number of hydrogen-bond donors (Lipinski definition) is 6. The number of benzene rings is 1. The molecular weight excluding hydrogens is 676 g/mol. The van der Waals surface area contributed by atoms with Crippen LogP contribution in [0, 0.1) is 5.92 Å². The number of nitrogens with two attached hydrogens (primary N) is 1. The number of alkyl carbamates (subject to hydrolysis) is 1. The Kier molecular flexibility index (Phi) is 15.5. The van der Waals surface area contributed by atoms with Crippen molar-refractivity contribution in [3.63, 3.8) is 0 Å². The number of rotatable bonds is 17. The zero-order chi connectivity index (χ0) is 38.4. The highest BCUT2D eigenvalue weighted by molar-refractivity contribution is 6.02. The first-order valence-corrected chi connectivity index (χ1v) is 19.0. The number of carbonyl (C=O) groups excluding carboxylic acids is 4. The maximum Gasteiger partial charge on any atom is 0.441 e. The van der Waals surface area contributed by atoms with E-state index >= 15 is 0 Å². The minimum absolute atomic E-state index is 0.0531. The average molecular weight is 736 g/mol. The largest absolute Gasteiger partial charge is 0.444 e. The van der Waals surface area contributed by atoms with Crippen LogP contribution in [-0.4, -0.2) is 80.1 Å². The summed E-state index contributed by atoms with van der Waals surface area (Å²) in [7, 11) is 0. The molecule has 0 saturated heterocycles. The van der Waals surface area contributed by atoms with Crippen molar-refractivity contribution in [3.05, 3.63) is 66.0 Å². The van der Waals surface area contributed by atoms with Gasteiger partial charge in [-0.25, -0.2) is 29.7 Å². The standard InChI is InChI=1S/C39H58N8O6/c1-27(45-32(24-29-16-10-6-11-17-29)34(49)35-41-20-21-42-35)22-30-25-47(26-44-30,36(50)31(40)23-28-14-8-5-9-15-28)37(51)46-33(48)18-12-7-13-19-43-38(52)53-39(2,3)4/h5,8-9,14-15,20-21,25-27,29,31-32,34,45,49H,6-7,10-13,16-19,22-24,40H2,1-4H3,(H2-,41,42,43,46,48,51,52)/p+1/t27-,31+,32+,34-,47?/m1/s1. The van der Waals surface area contributed by atoms with E-state index in [4.69, 9.17) is 10.5 Å². The number of quaternary nitrogens is 1. The van der Waals surface area contributed by atoms with Gasteiger partial charge in [0.1, 0.15) is 35.5 Å². The molecule has 1 aromatic carbocycles. The summed E-state index contributed by atoms with van der Waals surface area (Å²) in [5.41, 5.74) is 7.16. The number of urea groups is 1. The molecule has 1 unspecified atom stereocenters. The lowest BCUT2D eigenvalue weighted by molar-refractivity contribution is -0.608. The van der Waals surface area contributed by atoms with E-state index in [1.54, 1.807) is 33.2 Å². The van der Waals surface area contributed by atoms with Crippen molar-refractivity contribution in [2.24, 2.45) is 16.6 Å². The SMILES string of the molecule is C[C@H](CC1=C[N+](C(=O)NC(=O)CCCCCNC(=O)OC(C)(C)C)(C(=O)[C@@H](N)Cc2ccccc2)C=N1)N[C@@H](CC1CCCCC1)[C@@H](O)c1ncc[nH]1. The highest BCUT2D eigenvalue weighted by Crippen LogP contribution is 2.31. The van der Waals surface area contributed by atoms with E-state index in [9.17, 15) is 24.3 Å². The Balaban J connectivity index is 1.41. The number of nitrogens with one attached hydrogen (secondary N) is 4. The van der Waals surface area contributed by atoms with Crippen LogP contribution in [0.1, 0.15) is 116 Å². The van der Waals surface area contributed by atoms with Gasteiger partial charge in [0.05, 0.1) is 0 Å². The predicted octanol–water partition coefficient (Wildman–Crippen LogP) is 5.27. The van der Waals surface area contributed by atoms with Crippen molar-refractivity contribution < 1.29 is 33.5 Å². The van der Waals surface area contributed by atoms with E-state index in [1.165, 1.54) is 31.8 Å². The number of H-pyrrole nitrogens is 1. The molecule has 2 aromatic rings. The summed E-state index contributed by atoms with van der Waals surface area (Å²) in [5.74, 6) is -0.156. The van der Waals surface area contributed by atoms with Crippen molar-refractivity contribution in [1.82, 2.24) is 25.9 Å². The third kappa shape index (κ3) is 13.0. The van der Waals surface area contributed by atoms with Gasteiger partial charge < -0.3 is 31.2 Å². The van der Waals surface area contributed by atoms with Crippen LogP contribution in [0.4, 0.5) is 9.59 Å². The Morgan fingerprint density at radius 3 is 2.47 bits per heavy atom. The number of aliphatic imine (C=N–C) groups is 1. The molecular formula is C39H59N8O6+. The summed E-state index contributed by atoms with van der Waals surface area (Å²) < 4.78 is 4.26. The maximum absolute atomic E-state index is 14.1. The first-order chi connectivity index (χ1) is 25.3. The molecule has 1 aliphatic carbocycles. The number of imidazole rings is 1. The first-order valence-electron chi connectivity index (χ1n) is 19.0. The molecule has 5 atom stereocenters. The molecule has 2 aliphatic rings. The van der Waals surface area contributed by atoms with Gasteiger partial charge in [-0.3, -0.25) is 4.79 Å². The highest BCUT2D eigenvalue weighted by atomic mass is 16.6. The summed E-state index contributed by atoms with van der Waals surface area (Å²) in [5, 5.41) is 20.0. The number of unbranched alkanes of at least 4 members (excludes halogenated alkanes) is 2. The first kappa shape index (κ1) is 41.5. The Morgan fingerprint density at radius 2 is 1.79 bits per heavy atom. The van der Waals surface area contributed by atoms with Crippen molar-refractivity contribution >= 4 is 30.3 Å². The van der Waals surface area contributed by atoms with Gasteiger partial charge >= 0.3 is 18.0 Å². The summed E-state index contributed by atoms with van der Waals surface area (Å²) in [6, 6.07) is 6.91. The van der Waals surface area contributed by atoms with E-state index in [0.717, 1.165) is 24.8 Å². The number of aromatic amines is 1. The number of amides is 5. The molecule has 14 heteroatoms. The number of aliphatic hydroxyl groups excluding tert-OH is 1. The second kappa shape index (κ2) is 19.7. The van der Waals surface area contributed by atoms with Crippen molar-refractivity contribution in [3.8, 4) is 0 Å². The third-order valence-electron chi connectivity index (χ3n) is 9.58. The fraction of sp³-hybridized carbons (Fsp3) is 0.590. The molecule has 0 bridgehead atoms. The number of ether oxygens (including phenoxy) is 1. The van der Waals surface area contributed by atoms with Gasteiger partial charge in [0.2, 0.25) is 12.2 Å². The molecule has 290 valence electrons. The van der Waals surface area contributed by atoms with Crippen LogP contribution < -0.4 is 21.7 Å². The zero-order valence-electron chi connectivity index (χ0n) is 31.7. The summed E-state index contributed by atoms with van der Waals surface area (Å²) in [4.78, 5) is 64.6. The number of imide groups is 2. The Hall–Kier alpha value is -4.24. The number of aliphatic hydroxyl groups is 1. The van der Waals surface area contributed by atoms with Gasteiger partial charge in [-0.1, -0.05) is 68.9 Å². The van der Waals surface area contributed by atoms with Crippen molar-refractivity contribution in [2.45, 2.75) is 135 Å². The Bertz CT molecular complexity index is 1550. The Morgan fingerprint density at radius 1 is 1.06 bits per heavy atom. The van der Waals surface area contributed by atoms with Gasteiger partial charge in [0, 0.05) is 50.3 Å². The predicted molar refractivity (Wildman–Crippen MR) is 202 cm³/mol. The van der Waals surface area contributed by atoms with Crippen LogP contribution in [0.3, 0.4) is 0 Å². The minimum atomic E-state index is -1.06. The van der Waals surface area contributed by atoms with Gasteiger partial charge in [-0.2, -0.15) is 0 Å². The molecule has 14 nitrogen and oxygen atoms in total. The summed E-state index contributed by atoms with van der Waals surface area (Å²) in [6.45, 7) is 7.73. The number of aromatic nitrogens is 2. The van der Waals surface area contributed by atoms with Gasteiger partial charge in [-0.15, -0.1) is 4.48 Å². The van der Waals surface area contributed by atoms with Gasteiger partial charge in [-0.05, 0) is 58.4 Å². The smallest absolute Gasteiger partial charge is 0.441 e. The third-order valence-corrected chi connectivity index (χ3v) is 9.58. The summed E-state index contributed by atoms with van der Waals surface area (Å²) >= 11 is 0. The normalized spacial score (nSPS) is 19.8. The lowest BCUT2D eigenvalue weighted by Gasteiger charge is -2.31. The van der Waals surface area contributed by atoms with E-state index in [2.05, 4.69) is 30.9 Å². The summed E-state index contributed by atoms with van der Waals surface area (Å²) in [6.07, 6.45) is 13.6. The van der Waals surface area contributed by atoms with Crippen LogP contribution in [0.2, 0.25) is 0 Å².